The van der Waals surface area contributed by atoms with Crippen LogP contribution < -0.4 is 16.6 Å². The summed E-state index contributed by atoms with van der Waals surface area (Å²) in [6.45, 7) is 6.15. The molecule has 22 heavy (non-hydrogen) atoms. The molecule has 0 saturated carbocycles. The van der Waals surface area contributed by atoms with Crippen molar-refractivity contribution in [3.8, 4) is 0 Å². The van der Waals surface area contributed by atoms with Gasteiger partial charge in [-0.2, -0.15) is 0 Å². The van der Waals surface area contributed by atoms with Crippen molar-refractivity contribution >= 4 is 39.9 Å². The Labute approximate surface area is 138 Å². The molecular weight excluding hydrogens is 324 g/mol. The number of nitrogens with two attached hydrogens (primary N) is 1. The van der Waals surface area contributed by atoms with Crippen LogP contribution in [-0.2, 0) is 11.2 Å². The SMILES string of the molecule is Cc1sc2nc(CCC(=O)N[C@@H](C)CN)[nH]c(=O)c2c1C.Cl. The zero-order chi connectivity index (χ0) is 15.6. The van der Waals surface area contributed by atoms with Crippen molar-refractivity contribution < 1.29 is 4.79 Å². The van der Waals surface area contributed by atoms with Gasteiger partial charge < -0.3 is 16.0 Å². The van der Waals surface area contributed by atoms with Crippen LogP contribution in [0.15, 0.2) is 4.79 Å². The van der Waals surface area contributed by atoms with Crippen LogP contribution in [0.1, 0.15) is 29.6 Å². The lowest BCUT2D eigenvalue weighted by molar-refractivity contribution is -0.121. The molecule has 0 bridgehead atoms. The van der Waals surface area contributed by atoms with Gasteiger partial charge in [0.15, 0.2) is 0 Å². The number of aryl methyl sites for hydroxylation is 3. The number of nitrogens with one attached hydrogen (secondary N) is 2. The number of nitrogens with zero attached hydrogens (tertiary/aromatic N) is 1. The second-order valence-electron chi connectivity index (χ2n) is 5.18. The van der Waals surface area contributed by atoms with E-state index in [0.29, 0.717) is 24.2 Å². The molecule has 1 atom stereocenters. The second-order valence-corrected chi connectivity index (χ2v) is 6.38. The Hall–Kier alpha value is -1.44. The first-order chi connectivity index (χ1) is 9.92. The lowest BCUT2D eigenvalue weighted by atomic mass is 10.2. The van der Waals surface area contributed by atoms with Gasteiger partial charge in [0.2, 0.25) is 5.91 Å². The largest absolute Gasteiger partial charge is 0.352 e. The molecule has 8 heteroatoms. The number of amides is 1. The minimum atomic E-state index is -0.132. The van der Waals surface area contributed by atoms with Gasteiger partial charge in [0, 0.05) is 30.3 Å². The lowest BCUT2D eigenvalue weighted by Crippen LogP contribution is -2.37. The van der Waals surface area contributed by atoms with Crippen LogP contribution in [-0.4, -0.2) is 28.5 Å². The molecule has 0 aliphatic heterocycles. The number of thiophene rings is 1. The fourth-order valence-corrected chi connectivity index (χ4v) is 3.10. The van der Waals surface area contributed by atoms with Crippen molar-refractivity contribution in [3.05, 3.63) is 26.6 Å². The van der Waals surface area contributed by atoms with Gasteiger partial charge in [-0.15, -0.1) is 23.7 Å². The minimum Gasteiger partial charge on any atom is -0.352 e. The molecule has 2 rings (SSSR count). The van der Waals surface area contributed by atoms with Gasteiger partial charge in [0.25, 0.3) is 5.56 Å². The summed E-state index contributed by atoms with van der Waals surface area (Å²) in [6, 6.07) is -0.0467. The van der Waals surface area contributed by atoms with Crippen LogP contribution in [0.5, 0.6) is 0 Å². The van der Waals surface area contributed by atoms with Crippen molar-refractivity contribution in [1.29, 1.82) is 0 Å². The van der Waals surface area contributed by atoms with Gasteiger partial charge in [-0.05, 0) is 26.3 Å². The van der Waals surface area contributed by atoms with Crippen molar-refractivity contribution in [1.82, 2.24) is 15.3 Å². The standard InChI is InChI=1S/C14H20N4O2S.ClH/c1-7(6-15)16-11(19)5-4-10-17-13(20)12-8(2)9(3)21-14(12)18-10;/h7H,4-6,15H2,1-3H3,(H,16,19)(H,17,18,20);1H/t7-;/m0./s1. The van der Waals surface area contributed by atoms with E-state index in [1.165, 1.54) is 11.3 Å². The molecule has 0 unspecified atom stereocenters. The maximum absolute atomic E-state index is 12.1. The second kappa shape index (κ2) is 7.71. The number of rotatable bonds is 5. The lowest BCUT2D eigenvalue weighted by Gasteiger charge is -2.10. The highest BCUT2D eigenvalue weighted by Crippen LogP contribution is 2.25. The fourth-order valence-electron chi connectivity index (χ4n) is 2.06. The van der Waals surface area contributed by atoms with Gasteiger partial charge in [-0.25, -0.2) is 4.98 Å². The Morgan fingerprint density at radius 1 is 1.45 bits per heavy atom. The molecule has 0 aliphatic carbocycles. The van der Waals surface area contributed by atoms with Crippen LogP contribution in [0.25, 0.3) is 10.2 Å². The number of hydrogen-bond acceptors (Lipinski definition) is 5. The molecule has 0 saturated heterocycles. The quantitative estimate of drug-likeness (QED) is 0.763. The van der Waals surface area contributed by atoms with Gasteiger partial charge >= 0.3 is 0 Å². The molecule has 2 heterocycles. The molecule has 0 fully saturated rings. The predicted molar refractivity (Wildman–Crippen MR) is 91.9 cm³/mol. The summed E-state index contributed by atoms with van der Waals surface area (Å²) in [7, 11) is 0. The Balaban J connectivity index is 0.00000242. The first kappa shape index (κ1) is 18.6. The highest BCUT2D eigenvalue weighted by Gasteiger charge is 2.13. The maximum atomic E-state index is 12.1. The van der Waals surface area contributed by atoms with E-state index in [2.05, 4.69) is 15.3 Å². The van der Waals surface area contributed by atoms with Gasteiger partial charge in [0.1, 0.15) is 10.7 Å². The number of H-pyrrole nitrogens is 1. The van der Waals surface area contributed by atoms with E-state index in [1.54, 1.807) is 0 Å². The topological polar surface area (TPSA) is 101 Å². The number of fused-ring (bicyclic) bond motifs is 1. The van der Waals surface area contributed by atoms with Crippen molar-refractivity contribution in [2.75, 3.05) is 6.54 Å². The average molecular weight is 345 g/mol. The first-order valence-corrected chi connectivity index (χ1v) is 7.72. The van der Waals surface area contributed by atoms with E-state index in [-0.39, 0.29) is 36.3 Å². The molecule has 0 aliphatic rings. The zero-order valence-electron chi connectivity index (χ0n) is 12.9. The van der Waals surface area contributed by atoms with Crippen LogP contribution >= 0.6 is 23.7 Å². The van der Waals surface area contributed by atoms with Gasteiger partial charge in [-0.3, -0.25) is 9.59 Å². The molecule has 0 spiro atoms. The van der Waals surface area contributed by atoms with E-state index in [4.69, 9.17) is 5.73 Å². The number of carbonyl (C=O) groups is 1. The van der Waals surface area contributed by atoms with Crippen LogP contribution in [0, 0.1) is 13.8 Å². The Kier molecular flexibility index (Phi) is 6.52. The Bertz CT molecular complexity index is 725. The Morgan fingerprint density at radius 2 is 2.14 bits per heavy atom. The van der Waals surface area contributed by atoms with E-state index in [0.717, 1.165) is 15.3 Å². The number of carbonyl (C=O) groups excluding carboxylic acids is 1. The van der Waals surface area contributed by atoms with Crippen molar-refractivity contribution in [2.24, 2.45) is 5.73 Å². The molecule has 122 valence electrons. The summed E-state index contributed by atoms with van der Waals surface area (Å²) in [5.41, 5.74) is 6.30. The van der Waals surface area contributed by atoms with Gasteiger partial charge in [-0.1, -0.05) is 0 Å². The summed E-state index contributed by atoms with van der Waals surface area (Å²) in [6.07, 6.45) is 0.687. The van der Waals surface area contributed by atoms with Gasteiger partial charge in [0.05, 0.1) is 5.39 Å². The van der Waals surface area contributed by atoms with E-state index >= 15 is 0 Å². The summed E-state index contributed by atoms with van der Waals surface area (Å²) < 4.78 is 0. The van der Waals surface area contributed by atoms with E-state index in [9.17, 15) is 9.59 Å². The van der Waals surface area contributed by atoms with Crippen LogP contribution in [0.3, 0.4) is 0 Å². The minimum absolute atomic E-state index is 0. The summed E-state index contributed by atoms with van der Waals surface area (Å²) in [4.78, 5) is 32.8. The molecule has 0 aromatic carbocycles. The normalized spacial score (nSPS) is 12.0. The molecular formula is C14H21ClN4O2S. The number of aromatic nitrogens is 2. The van der Waals surface area contributed by atoms with Crippen molar-refractivity contribution in [3.63, 3.8) is 0 Å². The van der Waals surface area contributed by atoms with Crippen molar-refractivity contribution in [2.45, 2.75) is 39.7 Å². The highest BCUT2D eigenvalue weighted by molar-refractivity contribution is 7.18. The summed E-state index contributed by atoms with van der Waals surface area (Å²) >= 11 is 1.51. The third-order valence-corrected chi connectivity index (χ3v) is 4.54. The summed E-state index contributed by atoms with van der Waals surface area (Å²) in [5.74, 6) is 0.457. The smallest absolute Gasteiger partial charge is 0.259 e. The van der Waals surface area contributed by atoms with E-state index < -0.39 is 0 Å². The summed E-state index contributed by atoms with van der Waals surface area (Å²) in [5, 5.41) is 3.44. The maximum Gasteiger partial charge on any atom is 0.259 e. The molecule has 1 amide bonds. The third-order valence-electron chi connectivity index (χ3n) is 3.44. The molecule has 6 nitrogen and oxygen atoms in total. The first-order valence-electron chi connectivity index (χ1n) is 6.90. The predicted octanol–water partition coefficient (Wildman–Crippen LogP) is 1.42. The fraction of sp³-hybridized carbons (Fsp3) is 0.500. The zero-order valence-corrected chi connectivity index (χ0v) is 14.5. The van der Waals surface area contributed by atoms with Crippen LogP contribution in [0.4, 0.5) is 0 Å². The highest BCUT2D eigenvalue weighted by atomic mass is 35.5. The number of aromatic amines is 1. The molecule has 2 aromatic heterocycles. The van der Waals surface area contributed by atoms with Crippen LogP contribution in [0.2, 0.25) is 0 Å². The third kappa shape index (κ3) is 4.06. The average Bonchev–Trinajstić information content (AvgIpc) is 2.72. The molecule has 2 aromatic rings. The Morgan fingerprint density at radius 3 is 2.77 bits per heavy atom. The monoisotopic (exact) mass is 344 g/mol. The molecule has 4 N–H and O–H groups in total. The molecule has 0 radical (unpaired) electrons. The number of halogens is 1. The number of hydrogen-bond donors (Lipinski definition) is 3. The van der Waals surface area contributed by atoms with E-state index in [1.807, 2.05) is 20.8 Å².